The summed E-state index contributed by atoms with van der Waals surface area (Å²) in [4.78, 5) is 4.65. The Kier molecular flexibility index (Phi) is 6.25. The van der Waals surface area contributed by atoms with Gasteiger partial charge < -0.3 is 4.90 Å². The summed E-state index contributed by atoms with van der Waals surface area (Å²) < 4.78 is 0. The van der Waals surface area contributed by atoms with Crippen LogP contribution in [0.1, 0.15) is 33.6 Å². The van der Waals surface area contributed by atoms with E-state index in [4.69, 9.17) is 0 Å². The molecular weight excluding hydrogens is 236 g/mol. The van der Waals surface area contributed by atoms with Crippen molar-refractivity contribution in [2.24, 2.45) is 5.92 Å². The predicted octanol–water partition coefficient (Wildman–Crippen LogP) is 1.54. The Labute approximate surface area is 118 Å². The summed E-state index contributed by atoms with van der Waals surface area (Å²) in [5.41, 5.74) is -0.342. The summed E-state index contributed by atoms with van der Waals surface area (Å²) in [6.45, 7) is 10.3. The molecule has 0 aromatic carbocycles. The van der Waals surface area contributed by atoms with Crippen LogP contribution in [0.25, 0.3) is 0 Å². The third-order valence-corrected chi connectivity index (χ3v) is 4.08. The molecule has 4 heteroatoms. The number of hydrogen-bond donors (Lipinski definition) is 1. The Balaban J connectivity index is 2.72. The summed E-state index contributed by atoms with van der Waals surface area (Å²) >= 11 is 0. The van der Waals surface area contributed by atoms with Gasteiger partial charge in [0.15, 0.2) is 0 Å². The second-order valence-electron chi connectivity index (χ2n) is 6.06. The quantitative estimate of drug-likeness (QED) is 0.687. The molecule has 1 saturated carbocycles. The van der Waals surface area contributed by atoms with Gasteiger partial charge in [0.1, 0.15) is 5.54 Å². The van der Waals surface area contributed by atoms with Gasteiger partial charge in [0.05, 0.1) is 6.07 Å². The molecule has 0 heterocycles. The predicted molar refractivity (Wildman–Crippen MR) is 80.0 cm³/mol. The van der Waals surface area contributed by atoms with Crippen molar-refractivity contribution in [1.82, 2.24) is 15.1 Å². The molecule has 1 fully saturated rings. The van der Waals surface area contributed by atoms with E-state index in [1.807, 2.05) is 0 Å². The van der Waals surface area contributed by atoms with Crippen LogP contribution in [-0.2, 0) is 0 Å². The van der Waals surface area contributed by atoms with Crippen LogP contribution in [-0.4, -0.2) is 61.7 Å². The maximum absolute atomic E-state index is 9.68. The normalized spacial score (nSPS) is 20.3. The van der Waals surface area contributed by atoms with Gasteiger partial charge >= 0.3 is 0 Å². The number of likely N-dealkylation sites (N-methyl/N-ethyl adjacent to an activating group) is 3. The molecule has 0 bridgehead atoms. The molecule has 0 spiro atoms. The molecular formula is C15H30N4. The van der Waals surface area contributed by atoms with Gasteiger partial charge in [-0.2, -0.15) is 5.26 Å². The van der Waals surface area contributed by atoms with Gasteiger partial charge in [0.25, 0.3) is 0 Å². The second kappa shape index (κ2) is 7.23. The van der Waals surface area contributed by atoms with E-state index in [2.05, 4.69) is 56.1 Å². The maximum Gasteiger partial charge on any atom is 0.122 e. The zero-order valence-corrected chi connectivity index (χ0v) is 13.2. The zero-order chi connectivity index (χ0) is 14.5. The van der Waals surface area contributed by atoms with Crippen LogP contribution in [0.4, 0.5) is 0 Å². The molecule has 1 rings (SSSR count). The van der Waals surface area contributed by atoms with Crippen molar-refractivity contribution < 1.29 is 0 Å². The van der Waals surface area contributed by atoms with E-state index in [1.165, 1.54) is 12.8 Å². The summed E-state index contributed by atoms with van der Waals surface area (Å²) in [6.07, 6.45) is 2.39. The first-order valence-corrected chi connectivity index (χ1v) is 7.54. The van der Waals surface area contributed by atoms with Crippen molar-refractivity contribution >= 4 is 0 Å². The fourth-order valence-corrected chi connectivity index (χ4v) is 2.93. The first kappa shape index (κ1) is 16.4. The highest BCUT2D eigenvalue weighted by Gasteiger charge is 2.46. The molecule has 0 aromatic heterocycles. The monoisotopic (exact) mass is 266 g/mol. The minimum Gasteiger partial charge on any atom is -0.308 e. The number of hydrogen-bond acceptors (Lipinski definition) is 4. The Morgan fingerprint density at radius 1 is 1.37 bits per heavy atom. The van der Waals surface area contributed by atoms with E-state index >= 15 is 0 Å². The lowest BCUT2D eigenvalue weighted by atomic mass is 9.93. The van der Waals surface area contributed by atoms with Crippen molar-refractivity contribution in [3.63, 3.8) is 0 Å². The van der Waals surface area contributed by atoms with Gasteiger partial charge in [0, 0.05) is 19.1 Å². The van der Waals surface area contributed by atoms with E-state index < -0.39 is 0 Å². The maximum atomic E-state index is 9.68. The highest BCUT2D eigenvalue weighted by Crippen LogP contribution is 2.40. The molecule has 0 saturated heterocycles. The van der Waals surface area contributed by atoms with Crippen LogP contribution in [0.2, 0.25) is 0 Å². The fourth-order valence-electron chi connectivity index (χ4n) is 2.93. The highest BCUT2D eigenvalue weighted by molar-refractivity contribution is 5.16. The average molecular weight is 266 g/mol. The van der Waals surface area contributed by atoms with E-state index in [0.717, 1.165) is 26.2 Å². The zero-order valence-electron chi connectivity index (χ0n) is 13.2. The van der Waals surface area contributed by atoms with Crippen molar-refractivity contribution in [1.29, 1.82) is 5.26 Å². The number of nitrogens with one attached hydrogen (secondary N) is 1. The van der Waals surface area contributed by atoms with Gasteiger partial charge in [-0.15, -0.1) is 0 Å². The molecule has 110 valence electrons. The third-order valence-electron chi connectivity index (χ3n) is 4.08. The Hall–Kier alpha value is -0.630. The van der Waals surface area contributed by atoms with Crippen LogP contribution < -0.4 is 5.32 Å². The minimum absolute atomic E-state index is 0.342. The molecule has 0 aromatic rings. The van der Waals surface area contributed by atoms with E-state index in [-0.39, 0.29) is 5.54 Å². The molecule has 1 aliphatic rings. The average Bonchev–Trinajstić information content (AvgIpc) is 3.18. The van der Waals surface area contributed by atoms with Crippen LogP contribution in [0, 0.1) is 17.2 Å². The Morgan fingerprint density at radius 3 is 2.37 bits per heavy atom. The lowest BCUT2D eigenvalue weighted by molar-refractivity contribution is 0.139. The van der Waals surface area contributed by atoms with Crippen LogP contribution in [0.3, 0.4) is 0 Å². The Bertz CT molecular complexity index is 306. The van der Waals surface area contributed by atoms with Gasteiger partial charge in [-0.3, -0.25) is 10.2 Å². The first-order valence-electron chi connectivity index (χ1n) is 7.54. The fraction of sp³-hybridized carbons (Fsp3) is 0.933. The molecule has 0 aliphatic heterocycles. The highest BCUT2D eigenvalue weighted by atomic mass is 15.2. The molecule has 0 radical (unpaired) electrons. The van der Waals surface area contributed by atoms with Crippen LogP contribution in [0.5, 0.6) is 0 Å². The van der Waals surface area contributed by atoms with E-state index in [0.29, 0.717) is 12.0 Å². The molecule has 19 heavy (non-hydrogen) atoms. The summed E-state index contributed by atoms with van der Waals surface area (Å²) in [5, 5.41) is 13.1. The van der Waals surface area contributed by atoms with Crippen molar-refractivity contribution in [3.8, 4) is 6.07 Å². The standard InChI is InChI=1S/C15H30N4/c1-6-17-15(11-16,14-8-9-14)12-19(7-2)13(3)10-18(4)5/h13-14,17H,6-10,12H2,1-5H3. The van der Waals surface area contributed by atoms with Gasteiger partial charge in [-0.1, -0.05) is 13.8 Å². The van der Waals surface area contributed by atoms with Crippen molar-refractivity contribution in [2.75, 3.05) is 40.3 Å². The lowest BCUT2D eigenvalue weighted by Crippen LogP contribution is -2.57. The largest absolute Gasteiger partial charge is 0.308 e. The number of nitrogens with zero attached hydrogens (tertiary/aromatic N) is 3. The molecule has 2 unspecified atom stereocenters. The molecule has 2 atom stereocenters. The van der Waals surface area contributed by atoms with Gasteiger partial charge in [-0.25, -0.2) is 0 Å². The summed E-state index contributed by atoms with van der Waals surface area (Å²) in [5.74, 6) is 0.540. The topological polar surface area (TPSA) is 42.3 Å². The minimum atomic E-state index is -0.342. The van der Waals surface area contributed by atoms with Gasteiger partial charge in [-0.05, 0) is 52.9 Å². The van der Waals surface area contributed by atoms with Crippen molar-refractivity contribution in [2.45, 2.75) is 45.2 Å². The van der Waals surface area contributed by atoms with Crippen molar-refractivity contribution in [3.05, 3.63) is 0 Å². The van der Waals surface area contributed by atoms with Crippen LogP contribution >= 0.6 is 0 Å². The second-order valence-corrected chi connectivity index (χ2v) is 6.06. The lowest BCUT2D eigenvalue weighted by Gasteiger charge is -2.37. The molecule has 0 amide bonds. The first-order chi connectivity index (χ1) is 8.99. The summed E-state index contributed by atoms with van der Waals surface area (Å²) in [7, 11) is 4.21. The van der Waals surface area contributed by atoms with E-state index in [1.54, 1.807) is 0 Å². The van der Waals surface area contributed by atoms with E-state index in [9.17, 15) is 5.26 Å². The Morgan fingerprint density at radius 2 is 2.00 bits per heavy atom. The number of rotatable bonds is 9. The summed E-state index contributed by atoms with van der Waals surface area (Å²) in [6, 6.07) is 3.06. The molecule has 1 N–H and O–H groups in total. The van der Waals surface area contributed by atoms with Crippen LogP contribution in [0.15, 0.2) is 0 Å². The molecule has 4 nitrogen and oxygen atoms in total. The molecule has 1 aliphatic carbocycles. The smallest absolute Gasteiger partial charge is 0.122 e. The SMILES string of the molecule is CCNC(C#N)(CN(CC)C(C)CN(C)C)C1CC1. The number of nitriles is 1. The van der Waals surface area contributed by atoms with Gasteiger partial charge in [0.2, 0.25) is 0 Å². The third kappa shape index (κ3) is 4.45.